The van der Waals surface area contributed by atoms with E-state index in [4.69, 9.17) is 5.21 Å². The Labute approximate surface area is 67.0 Å². The SMILES string of the molecule is Cn1c(CBr)cnc1NO. The predicted molar refractivity (Wildman–Crippen MR) is 41.2 cm³/mol. The van der Waals surface area contributed by atoms with Gasteiger partial charge in [-0.25, -0.2) is 10.5 Å². The highest BCUT2D eigenvalue weighted by Gasteiger charge is 2.01. The van der Waals surface area contributed by atoms with Crippen molar-refractivity contribution in [1.82, 2.24) is 9.55 Å². The maximum absolute atomic E-state index is 8.48. The van der Waals surface area contributed by atoms with Crippen molar-refractivity contribution in [3.63, 3.8) is 0 Å². The largest absolute Gasteiger partial charge is 0.315 e. The van der Waals surface area contributed by atoms with Gasteiger partial charge in [0.1, 0.15) is 0 Å². The van der Waals surface area contributed by atoms with Crippen molar-refractivity contribution in [2.45, 2.75) is 5.33 Å². The fraction of sp³-hybridized carbons (Fsp3) is 0.400. The van der Waals surface area contributed by atoms with Crippen LogP contribution in [0.2, 0.25) is 0 Å². The van der Waals surface area contributed by atoms with Crippen molar-refractivity contribution in [3.05, 3.63) is 11.9 Å². The average molecular weight is 206 g/mol. The monoisotopic (exact) mass is 205 g/mol. The van der Waals surface area contributed by atoms with Crippen LogP contribution in [0.25, 0.3) is 0 Å². The Morgan fingerprint density at radius 1 is 1.90 bits per heavy atom. The number of aromatic nitrogens is 2. The summed E-state index contributed by atoms with van der Waals surface area (Å²) in [5.41, 5.74) is 2.99. The summed E-state index contributed by atoms with van der Waals surface area (Å²) >= 11 is 3.28. The minimum Gasteiger partial charge on any atom is -0.315 e. The highest BCUT2D eigenvalue weighted by molar-refractivity contribution is 9.08. The van der Waals surface area contributed by atoms with E-state index in [9.17, 15) is 0 Å². The molecule has 1 rings (SSSR count). The van der Waals surface area contributed by atoms with Crippen LogP contribution in [0.3, 0.4) is 0 Å². The van der Waals surface area contributed by atoms with E-state index in [2.05, 4.69) is 20.9 Å². The summed E-state index contributed by atoms with van der Waals surface area (Å²) in [4.78, 5) is 3.88. The number of alkyl halides is 1. The van der Waals surface area contributed by atoms with Gasteiger partial charge >= 0.3 is 0 Å². The molecule has 0 bridgehead atoms. The van der Waals surface area contributed by atoms with E-state index in [0.717, 1.165) is 11.0 Å². The molecule has 1 aromatic rings. The van der Waals surface area contributed by atoms with E-state index >= 15 is 0 Å². The summed E-state index contributed by atoms with van der Waals surface area (Å²) in [6, 6.07) is 0. The van der Waals surface area contributed by atoms with Gasteiger partial charge in [-0.05, 0) is 0 Å². The second-order valence-corrected chi connectivity index (χ2v) is 2.44. The Morgan fingerprint density at radius 3 is 2.90 bits per heavy atom. The summed E-state index contributed by atoms with van der Waals surface area (Å²) < 4.78 is 1.76. The molecule has 0 radical (unpaired) electrons. The Balaban J connectivity index is 2.97. The van der Waals surface area contributed by atoms with Crippen LogP contribution in [0.5, 0.6) is 0 Å². The quantitative estimate of drug-likeness (QED) is 0.563. The second kappa shape index (κ2) is 3.03. The van der Waals surface area contributed by atoms with E-state index in [0.29, 0.717) is 5.95 Å². The molecule has 0 spiro atoms. The summed E-state index contributed by atoms with van der Waals surface area (Å²) in [5, 5.41) is 9.21. The van der Waals surface area contributed by atoms with Crippen molar-refractivity contribution in [2.24, 2.45) is 7.05 Å². The zero-order valence-corrected chi connectivity index (χ0v) is 7.09. The molecule has 1 aromatic heterocycles. The van der Waals surface area contributed by atoms with Gasteiger partial charge in [0.25, 0.3) is 0 Å². The first-order valence-corrected chi connectivity index (χ1v) is 3.88. The van der Waals surface area contributed by atoms with Crippen LogP contribution in [0.4, 0.5) is 5.95 Å². The number of nitrogens with zero attached hydrogens (tertiary/aromatic N) is 2. The number of hydrogen-bond acceptors (Lipinski definition) is 3. The minimum atomic E-state index is 0.453. The Morgan fingerprint density at radius 2 is 2.60 bits per heavy atom. The van der Waals surface area contributed by atoms with Crippen LogP contribution in [0.1, 0.15) is 5.69 Å². The van der Waals surface area contributed by atoms with E-state index < -0.39 is 0 Å². The van der Waals surface area contributed by atoms with Gasteiger partial charge in [-0.2, -0.15) is 0 Å². The fourth-order valence-corrected chi connectivity index (χ4v) is 1.19. The van der Waals surface area contributed by atoms with E-state index in [1.807, 2.05) is 12.5 Å². The first kappa shape index (κ1) is 7.56. The molecule has 0 aliphatic rings. The minimum absolute atomic E-state index is 0.453. The molecule has 0 saturated carbocycles. The van der Waals surface area contributed by atoms with Crippen molar-refractivity contribution >= 4 is 21.9 Å². The molecule has 5 heteroatoms. The molecule has 1 heterocycles. The zero-order valence-electron chi connectivity index (χ0n) is 5.50. The number of nitrogens with one attached hydrogen (secondary N) is 1. The van der Waals surface area contributed by atoms with Gasteiger partial charge in [-0.15, -0.1) is 0 Å². The summed E-state index contributed by atoms with van der Waals surface area (Å²) in [6.45, 7) is 0. The van der Waals surface area contributed by atoms with Crippen molar-refractivity contribution < 1.29 is 5.21 Å². The molecule has 0 amide bonds. The van der Waals surface area contributed by atoms with E-state index in [-0.39, 0.29) is 0 Å². The summed E-state index contributed by atoms with van der Waals surface area (Å²) in [5.74, 6) is 0.453. The maximum atomic E-state index is 8.48. The first-order valence-electron chi connectivity index (χ1n) is 2.76. The van der Waals surface area contributed by atoms with Gasteiger partial charge in [0, 0.05) is 18.1 Å². The predicted octanol–water partition coefficient (Wildman–Crippen LogP) is 1.12. The van der Waals surface area contributed by atoms with Gasteiger partial charge in [0.05, 0.1) is 6.20 Å². The van der Waals surface area contributed by atoms with Crippen LogP contribution >= 0.6 is 15.9 Å². The fourth-order valence-electron chi connectivity index (χ4n) is 0.673. The topological polar surface area (TPSA) is 50.1 Å². The molecule has 0 aliphatic heterocycles. The molecule has 56 valence electrons. The number of hydrogen-bond donors (Lipinski definition) is 2. The Kier molecular flexibility index (Phi) is 2.29. The molecule has 0 unspecified atom stereocenters. The lowest BCUT2D eigenvalue weighted by Crippen LogP contribution is -2.00. The smallest absolute Gasteiger partial charge is 0.227 e. The summed E-state index contributed by atoms with van der Waals surface area (Å²) in [7, 11) is 1.82. The van der Waals surface area contributed by atoms with E-state index in [1.165, 1.54) is 0 Å². The van der Waals surface area contributed by atoms with Crippen LogP contribution in [-0.4, -0.2) is 14.8 Å². The zero-order chi connectivity index (χ0) is 7.56. The summed E-state index contributed by atoms with van der Waals surface area (Å²) in [6.07, 6.45) is 1.69. The van der Waals surface area contributed by atoms with Gasteiger partial charge in [0.2, 0.25) is 5.95 Å². The molecule has 0 fully saturated rings. The normalized spacial score (nSPS) is 9.90. The molecule has 0 aromatic carbocycles. The van der Waals surface area contributed by atoms with Crippen LogP contribution < -0.4 is 5.48 Å². The Bertz CT molecular complexity index is 201. The lowest BCUT2D eigenvalue weighted by Gasteiger charge is -1.99. The van der Waals surface area contributed by atoms with Crippen LogP contribution in [0, 0.1) is 0 Å². The molecule has 2 N–H and O–H groups in total. The molecule has 4 nitrogen and oxygen atoms in total. The highest BCUT2D eigenvalue weighted by atomic mass is 79.9. The van der Waals surface area contributed by atoms with Crippen molar-refractivity contribution in [1.29, 1.82) is 0 Å². The van der Waals surface area contributed by atoms with Gasteiger partial charge in [-0.3, -0.25) is 5.21 Å². The third-order valence-electron chi connectivity index (χ3n) is 1.32. The van der Waals surface area contributed by atoms with Crippen LogP contribution in [-0.2, 0) is 12.4 Å². The van der Waals surface area contributed by atoms with Gasteiger partial charge < -0.3 is 4.57 Å². The third kappa shape index (κ3) is 1.15. The number of imidazole rings is 1. The third-order valence-corrected chi connectivity index (χ3v) is 1.90. The Hall–Kier alpha value is -0.550. The van der Waals surface area contributed by atoms with E-state index in [1.54, 1.807) is 10.8 Å². The van der Waals surface area contributed by atoms with Crippen molar-refractivity contribution in [2.75, 3.05) is 5.48 Å². The molecular weight excluding hydrogens is 198 g/mol. The number of rotatable bonds is 2. The maximum Gasteiger partial charge on any atom is 0.227 e. The number of halogens is 1. The molecule has 0 atom stereocenters. The lowest BCUT2D eigenvalue weighted by molar-refractivity contribution is 0.379. The molecule has 0 saturated heterocycles. The van der Waals surface area contributed by atoms with Gasteiger partial charge in [0.15, 0.2) is 0 Å². The first-order chi connectivity index (χ1) is 4.79. The molecule has 0 aliphatic carbocycles. The molecule has 10 heavy (non-hydrogen) atoms. The van der Waals surface area contributed by atoms with Crippen LogP contribution in [0.15, 0.2) is 6.20 Å². The highest BCUT2D eigenvalue weighted by Crippen LogP contribution is 2.09. The van der Waals surface area contributed by atoms with Crippen molar-refractivity contribution in [3.8, 4) is 0 Å². The average Bonchev–Trinajstić information content (AvgIpc) is 2.30. The molecular formula is C5H8BrN3O. The second-order valence-electron chi connectivity index (χ2n) is 1.88. The van der Waals surface area contributed by atoms with Gasteiger partial charge in [-0.1, -0.05) is 15.9 Å². The number of anilines is 1. The lowest BCUT2D eigenvalue weighted by atomic mass is 10.5. The standard InChI is InChI=1S/C5H8BrN3O/c1-9-4(2-6)3-7-5(9)8-10/h3,10H,2H2,1H3,(H,7,8).